The Balaban J connectivity index is 0.848. The third-order valence-corrected chi connectivity index (χ3v) is 8.38. The summed E-state index contributed by atoms with van der Waals surface area (Å²) in [4.78, 5) is 0. The first-order valence-electron chi connectivity index (χ1n) is 17.5. The molecule has 0 N–H and O–H groups in total. The van der Waals surface area contributed by atoms with Crippen LogP contribution in [0.2, 0.25) is 0 Å². The zero-order valence-electron chi connectivity index (χ0n) is 28.6. The van der Waals surface area contributed by atoms with Gasteiger partial charge in [-0.1, -0.05) is 48.5 Å². The van der Waals surface area contributed by atoms with E-state index in [9.17, 15) is 0 Å². The van der Waals surface area contributed by atoms with Gasteiger partial charge in [0.1, 0.15) is 48.4 Å². The molecule has 4 atom stereocenters. The van der Waals surface area contributed by atoms with Crippen LogP contribution < -0.4 is 18.9 Å². The van der Waals surface area contributed by atoms with Crippen LogP contribution in [0.25, 0.3) is 22.3 Å². The summed E-state index contributed by atoms with van der Waals surface area (Å²) in [5.74, 6) is 3.43. The summed E-state index contributed by atoms with van der Waals surface area (Å²) < 4.78 is 45.3. The van der Waals surface area contributed by atoms with Crippen molar-refractivity contribution in [2.24, 2.45) is 0 Å². The van der Waals surface area contributed by atoms with Gasteiger partial charge in [-0.2, -0.15) is 0 Å². The van der Waals surface area contributed by atoms with Crippen molar-refractivity contribution < 1.29 is 37.9 Å². The molecule has 0 amide bonds. The summed E-state index contributed by atoms with van der Waals surface area (Å²) in [7, 11) is 0. The standard InChI is InChI=1S/C41H48O8/c1-30(48-38-18-10-34(11-19-38)32-6-14-36(15-7-32)44-24-22-42-26-40-28-46-40)4-3-5-31(2)49-39-20-12-35(13-21-39)33-8-16-37(17-9-33)45-25-23-43-27-41-29-47-41/h6-21,30-31,40-41H,3-5,22-29H2,1-2H3. The lowest BCUT2D eigenvalue weighted by atomic mass is 10.1. The first kappa shape index (κ1) is 34.8. The molecule has 0 saturated carbocycles. The molecule has 4 aromatic carbocycles. The fourth-order valence-electron chi connectivity index (χ4n) is 5.41. The van der Waals surface area contributed by atoms with E-state index < -0.39 is 0 Å². The van der Waals surface area contributed by atoms with Gasteiger partial charge in [0.25, 0.3) is 0 Å². The number of benzene rings is 4. The number of hydrogen-bond donors (Lipinski definition) is 0. The maximum atomic E-state index is 6.21. The minimum Gasteiger partial charge on any atom is -0.491 e. The second-order valence-corrected chi connectivity index (χ2v) is 12.6. The summed E-state index contributed by atoms with van der Waals surface area (Å²) in [5, 5.41) is 0. The molecule has 2 aliphatic heterocycles. The van der Waals surface area contributed by atoms with Crippen LogP contribution in [0.1, 0.15) is 33.1 Å². The largest absolute Gasteiger partial charge is 0.491 e. The highest BCUT2D eigenvalue weighted by Gasteiger charge is 2.22. The Hall–Kier alpha value is -4.08. The van der Waals surface area contributed by atoms with Crippen LogP contribution in [-0.2, 0) is 18.9 Å². The lowest BCUT2D eigenvalue weighted by Gasteiger charge is -2.18. The summed E-state index contributed by atoms with van der Waals surface area (Å²) in [6, 6.07) is 32.8. The minimum absolute atomic E-state index is 0.113. The van der Waals surface area contributed by atoms with Gasteiger partial charge in [-0.3, -0.25) is 0 Å². The molecule has 0 bridgehead atoms. The summed E-state index contributed by atoms with van der Waals surface area (Å²) >= 11 is 0. The average molecular weight is 669 g/mol. The Kier molecular flexibility index (Phi) is 12.8. The minimum atomic E-state index is 0.113. The van der Waals surface area contributed by atoms with Gasteiger partial charge in [0.15, 0.2) is 0 Å². The van der Waals surface area contributed by atoms with E-state index in [0.29, 0.717) is 39.6 Å². The van der Waals surface area contributed by atoms with E-state index in [1.165, 1.54) is 0 Å². The fraction of sp³-hybridized carbons (Fsp3) is 0.415. The van der Waals surface area contributed by atoms with E-state index >= 15 is 0 Å². The van der Waals surface area contributed by atoms with Gasteiger partial charge in [0.2, 0.25) is 0 Å². The number of rotatable bonds is 22. The molecule has 2 fully saturated rings. The summed E-state index contributed by atoms with van der Waals surface area (Å²) in [6.45, 7) is 9.35. The Morgan fingerprint density at radius 1 is 0.490 bits per heavy atom. The van der Waals surface area contributed by atoms with Crippen molar-refractivity contribution in [3.05, 3.63) is 97.1 Å². The summed E-state index contributed by atoms with van der Waals surface area (Å²) in [5.41, 5.74) is 4.54. The molecule has 4 aromatic rings. The molecule has 49 heavy (non-hydrogen) atoms. The van der Waals surface area contributed by atoms with E-state index in [-0.39, 0.29) is 24.4 Å². The van der Waals surface area contributed by atoms with E-state index in [1.807, 2.05) is 48.5 Å². The lowest BCUT2D eigenvalue weighted by molar-refractivity contribution is 0.0878. The van der Waals surface area contributed by atoms with Crippen LogP contribution in [0.3, 0.4) is 0 Å². The van der Waals surface area contributed by atoms with Gasteiger partial charge in [-0.05, 0) is 104 Å². The third-order valence-electron chi connectivity index (χ3n) is 8.38. The molecule has 4 unspecified atom stereocenters. The zero-order chi connectivity index (χ0) is 33.7. The van der Waals surface area contributed by atoms with Crippen molar-refractivity contribution >= 4 is 0 Å². The quantitative estimate of drug-likeness (QED) is 0.0616. The smallest absolute Gasteiger partial charge is 0.119 e. The number of epoxide rings is 2. The Morgan fingerprint density at radius 2 is 0.816 bits per heavy atom. The molecule has 0 aliphatic carbocycles. The van der Waals surface area contributed by atoms with Gasteiger partial charge in [0.05, 0.1) is 51.8 Å². The van der Waals surface area contributed by atoms with Crippen molar-refractivity contribution in [1.82, 2.24) is 0 Å². The predicted octanol–water partition coefficient (Wildman–Crippen LogP) is 8.01. The van der Waals surface area contributed by atoms with Crippen molar-refractivity contribution in [3.8, 4) is 45.3 Å². The molecule has 260 valence electrons. The van der Waals surface area contributed by atoms with Crippen molar-refractivity contribution in [1.29, 1.82) is 0 Å². The maximum absolute atomic E-state index is 6.21. The molecular weight excluding hydrogens is 620 g/mol. The highest BCUT2D eigenvalue weighted by atomic mass is 16.6. The zero-order valence-corrected chi connectivity index (χ0v) is 28.6. The topological polar surface area (TPSA) is 80.4 Å². The van der Waals surface area contributed by atoms with Crippen molar-refractivity contribution in [2.75, 3.05) is 52.9 Å². The Labute approximate surface area is 290 Å². The lowest BCUT2D eigenvalue weighted by Crippen LogP contribution is -2.15. The van der Waals surface area contributed by atoms with Gasteiger partial charge < -0.3 is 37.9 Å². The molecule has 0 radical (unpaired) electrons. The number of hydrogen-bond acceptors (Lipinski definition) is 8. The molecule has 0 spiro atoms. The van der Waals surface area contributed by atoms with Gasteiger partial charge in [-0.25, -0.2) is 0 Å². The fourth-order valence-corrected chi connectivity index (χ4v) is 5.41. The van der Waals surface area contributed by atoms with Crippen LogP contribution in [0.15, 0.2) is 97.1 Å². The molecule has 2 heterocycles. The molecule has 2 saturated heterocycles. The third kappa shape index (κ3) is 12.1. The molecule has 0 aromatic heterocycles. The van der Waals surface area contributed by atoms with Crippen molar-refractivity contribution in [3.63, 3.8) is 0 Å². The van der Waals surface area contributed by atoms with Crippen LogP contribution in [0.5, 0.6) is 23.0 Å². The van der Waals surface area contributed by atoms with E-state index in [2.05, 4.69) is 62.4 Å². The summed E-state index contributed by atoms with van der Waals surface area (Å²) in [6.07, 6.45) is 3.72. The molecule has 6 rings (SSSR count). The predicted molar refractivity (Wildman–Crippen MR) is 190 cm³/mol. The second-order valence-electron chi connectivity index (χ2n) is 12.6. The maximum Gasteiger partial charge on any atom is 0.119 e. The van der Waals surface area contributed by atoms with Crippen molar-refractivity contribution in [2.45, 2.75) is 57.5 Å². The SMILES string of the molecule is CC(CCCC(C)Oc1ccc(-c2ccc(OCCOCC3CO3)cc2)cc1)Oc1ccc(-c2ccc(OCCOCC3CO3)cc2)cc1. The van der Waals surface area contributed by atoms with Crippen LogP contribution in [0.4, 0.5) is 0 Å². The van der Waals surface area contributed by atoms with Crippen LogP contribution >= 0.6 is 0 Å². The molecule has 8 nitrogen and oxygen atoms in total. The first-order valence-corrected chi connectivity index (χ1v) is 17.5. The van der Waals surface area contributed by atoms with Gasteiger partial charge in [-0.15, -0.1) is 0 Å². The van der Waals surface area contributed by atoms with Crippen LogP contribution in [-0.4, -0.2) is 77.3 Å². The van der Waals surface area contributed by atoms with Gasteiger partial charge in [0, 0.05) is 0 Å². The normalized spacial score (nSPS) is 17.6. The molecule has 2 aliphatic rings. The Morgan fingerprint density at radius 3 is 1.14 bits per heavy atom. The number of ether oxygens (including phenoxy) is 8. The average Bonchev–Trinajstić information content (AvgIpc) is 4.06. The highest BCUT2D eigenvalue weighted by molar-refractivity contribution is 5.65. The highest BCUT2D eigenvalue weighted by Crippen LogP contribution is 2.27. The Bertz CT molecular complexity index is 1400. The molecular formula is C41H48O8. The van der Waals surface area contributed by atoms with Gasteiger partial charge >= 0.3 is 0 Å². The second kappa shape index (κ2) is 18.1. The molecule has 8 heteroatoms. The van der Waals surface area contributed by atoms with Crippen LogP contribution in [0, 0.1) is 0 Å². The van der Waals surface area contributed by atoms with E-state index in [1.54, 1.807) is 0 Å². The monoisotopic (exact) mass is 668 g/mol. The van der Waals surface area contributed by atoms with E-state index in [4.69, 9.17) is 37.9 Å². The van der Waals surface area contributed by atoms with E-state index in [0.717, 1.165) is 77.7 Å². The first-order chi connectivity index (χ1) is 24.1.